The van der Waals surface area contributed by atoms with Gasteiger partial charge in [-0.25, -0.2) is 4.79 Å². The van der Waals surface area contributed by atoms with Gasteiger partial charge in [0.05, 0.1) is 11.0 Å². The SMILES string of the molecule is Cc1cccc(CCC(=O)NCc2ccc3c(c2)n(C)c(=O)n3C)c1. The average Bonchev–Trinajstić information content (AvgIpc) is 2.82. The van der Waals surface area contributed by atoms with E-state index in [1.807, 2.05) is 30.3 Å². The van der Waals surface area contributed by atoms with E-state index in [1.54, 1.807) is 23.2 Å². The van der Waals surface area contributed by atoms with Crippen LogP contribution in [0, 0.1) is 6.92 Å². The second-order valence-corrected chi connectivity index (χ2v) is 6.49. The van der Waals surface area contributed by atoms with Crippen molar-refractivity contribution in [1.29, 1.82) is 0 Å². The molecular formula is C20H23N3O2. The number of nitrogens with zero attached hydrogens (tertiary/aromatic N) is 2. The Morgan fingerprint density at radius 3 is 2.52 bits per heavy atom. The van der Waals surface area contributed by atoms with Crippen LogP contribution in [-0.4, -0.2) is 15.0 Å². The highest BCUT2D eigenvalue weighted by Gasteiger charge is 2.09. The fourth-order valence-corrected chi connectivity index (χ4v) is 3.08. The Kier molecular flexibility index (Phi) is 4.74. The van der Waals surface area contributed by atoms with Crippen molar-refractivity contribution in [2.75, 3.05) is 0 Å². The van der Waals surface area contributed by atoms with Gasteiger partial charge in [-0.2, -0.15) is 0 Å². The maximum absolute atomic E-state index is 12.1. The van der Waals surface area contributed by atoms with Crippen LogP contribution in [0.25, 0.3) is 11.0 Å². The third-order valence-electron chi connectivity index (χ3n) is 4.55. The topological polar surface area (TPSA) is 56.0 Å². The maximum Gasteiger partial charge on any atom is 0.328 e. The fraction of sp³-hybridized carbons (Fsp3) is 0.300. The minimum Gasteiger partial charge on any atom is -0.352 e. The quantitative estimate of drug-likeness (QED) is 0.777. The van der Waals surface area contributed by atoms with Crippen molar-refractivity contribution < 1.29 is 4.79 Å². The number of hydrogen-bond acceptors (Lipinski definition) is 2. The summed E-state index contributed by atoms with van der Waals surface area (Å²) in [5.74, 6) is 0.0311. The summed E-state index contributed by atoms with van der Waals surface area (Å²) in [6.45, 7) is 2.52. The number of imidazole rings is 1. The lowest BCUT2D eigenvalue weighted by Crippen LogP contribution is -2.23. The molecule has 2 aromatic carbocycles. The molecule has 0 aliphatic rings. The van der Waals surface area contributed by atoms with Gasteiger partial charge in [-0.1, -0.05) is 35.9 Å². The summed E-state index contributed by atoms with van der Waals surface area (Å²) in [5.41, 5.74) is 5.09. The molecule has 5 heteroatoms. The van der Waals surface area contributed by atoms with Crippen molar-refractivity contribution >= 4 is 16.9 Å². The van der Waals surface area contributed by atoms with Gasteiger partial charge in [0.25, 0.3) is 0 Å². The number of aromatic nitrogens is 2. The van der Waals surface area contributed by atoms with Gasteiger partial charge in [-0.05, 0) is 36.6 Å². The van der Waals surface area contributed by atoms with E-state index in [0.717, 1.165) is 23.0 Å². The van der Waals surface area contributed by atoms with Crippen LogP contribution in [0.3, 0.4) is 0 Å². The molecule has 1 N–H and O–H groups in total. The molecule has 1 amide bonds. The lowest BCUT2D eigenvalue weighted by atomic mass is 10.1. The Morgan fingerprint density at radius 2 is 1.76 bits per heavy atom. The molecule has 0 aliphatic carbocycles. The number of nitrogens with one attached hydrogen (secondary N) is 1. The number of aryl methyl sites for hydroxylation is 4. The Labute approximate surface area is 146 Å². The van der Waals surface area contributed by atoms with Gasteiger partial charge in [-0.15, -0.1) is 0 Å². The molecular weight excluding hydrogens is 314 g/mol. The highest BCUT2D eigenvalue weighted by Crippen LogP contribution is 2.14. The molecule has 1 aromatic heterocycles. The Balaban J connectivity index is 1.61. The van der Waals surface area contributed by atoms with Crippen LogP contribution in [0.1, 0.15) is 23.1 Å². The molecule has 0 aliphatic heterocycles. The van der Waals surface area contributed by atoms with Gasteiger partial charge < -0.3 is 5.32 Å². The predicted octanol–water partition coefficient (Wildman–Crippen LogP) is 2.43. The molecule has 130 valence electrons. The molecule has 1 heterocycles. The first-order valence-electron chi connectivity index (χ1n) is 8.42. The number of amides is 1. The third kappa shape index (κ3) is 3.65. The molecule has 0 saturated carbocycles. The summed E-state index contributed by atoms with van der Waals surface area (Å²) in [6, 6.07) is 14.0. The zero-order valence-electron chi connectivity index (χ0n) is 14.9. The highest BCUT2D eigenvalue weighted by atomic mass is 16.2. The summed E-state index contributed by atoms with van der Waals surface area (Å²) in [4.78, 5) is 24.1. The van der Waals surface area contributed by atoms with E-state index in [-0.39, 0.29) is 11.6 Å². The average molecular weight is 337 g/mol. The summed E-state index contributed by atoms with van der Waals surface area (Å²) >= 11 is 0. The van der Waals surface area contributed by atoms with Gasteiger partial charge in [0.2, 0.25) is 5.91 Å². The van der Waals surface area contributed by atoms with Crippen molar-refractivity contribution in [2.45, 2.75) is 26.3 Å². The van der Waals surface area contributed by atoms with Crippen LogP contribution in [0.5, 0.6) is 0 Å². The fourth-order valence-electron chi connectivity index (χ4n) is 3.08. The van der Waals surface area contributed by atoms with E-state index in [0.29, 0.717) is 13.0 Å². The van der Waals surface area contributed by atoms with E-state index >= 15 is 0 Å². The summed E-state index contributed by atoms with van der Waals surface area (Å²) < 4.78 is 3.25. The monoisotopic (exact) mass is 337 g/mol. The molecule has 0 radical (unpaired) electrons. The maximum atomic E-state index is 12.1. The lowest BCUT2D eigenvalue weighted by Gasteiger charge is -2.07. The molecule has 25 heavy (non-hydrogen) atoms. The minimum atomic E-state index is -0.0469. The van der Waals surface area contributed by atoms with Gasteiger partial charge in [-0.3, -0.25) is 13.9 Å². The number of carbonyl (C=O) groups excluding carboxylic acids is 1. The molecule has 5 nitrogen and oxygen atoms in total. The van der Waals surface area contributed by atoms with E-state index in [9.17, 15) is 9.59 Å². The molecule has 0 spiro atoms. The molecule has 0 fully saturated rings. The number of rotatable bonds is 5. The molecule has 0 unspecified atom stereocenters. The van der Waals surface area contributed by atoms with Crippen LogP contribution in [0.2, 0.25) is 0 Å². The molecule has 0 atom stereocenters. The van der Waals surface area contributed by atoms with Crippen molar-refractivity contribution in [1.82, 2.24) is 14.5 Å². The standard InChI is InChI=1S/C20H23N3O2/c1-14-5-4-6-15(11-14)8-10-19(24)21-13-16-7-9-17-18(12-16)23(3)20(25)22(17)2/h4-7,9,11-12H,8,10,13H2,1-3H3,(H,21,24). The van der Waals surface area contributed by atoms with Crippen LogP contribution in [0.4, 0.5) is 0 Å². The lowest BCUT2D eigenvalue weighted by molar-refractivity contribution is -0.121. The Bertz CT molecular complexity index is 982. The van der Waals surface area contributed by atoms with E-state index in [2.05, 4.69) is 24.4 Å². The second kappa shape index (κ2) is 6.97. The summed E-state index contributed by atoms with van der Waals surface area (Å²) in [6.07, 6.45) is 1.20. The number of hydrogen-bond donors (Lipinski definition) is 1. The Morgan fingerprint density at radius 1 is 1.00 bits per heavy atom. The molecule has 3 rings (SSSR count). The smallest absolute Gasteiger partial charge is 0.328 e. The first kappa shape index (κ1) is 17.0. The van der Waals surface area contributed by atoms with Crippen molar-refractivity contribution in [3.8, 4) is 0 Å². The van der Waals surface area contributed by atoms with E-state index in [4.69, 9.17) is 0 Å². The molecule has 0 saturated heterocycles. The van der Waals surface area contributed by atoms with Crippen molar-refractivity contribution in [3.63, 3.8) is 0 Å². The van der Waals surface area contributed by atoms with Crippen LogP contribution in [-0.2, 0) is 31.9 Å². The summed E-state index contributed by atoms with van der Waals surface area (Å²) in [7, 11) is 3.52. The zero-order valence-corrected chi connectivity index (χ0v) is 14.9. The largest absolute Gasteiger partial charge is 0.352 e. The van der Waals surface area contributed by atoms with Crippen LogP contribution in [0.15, 0.2) is 47.3 Å². The van der Waals surface area contributed by atoms with Crippen LogP contribution < -0.4 is 11.0 Å². The van der Waals surface area contributed by atoms with E-state index < -0.39 is 0 Å². The van der Waals surface area contributed by atoms with Crippen molar-refractivity contribution in [2.24, 2.45) is 14.1 Å². The number of fused-ring (bicyclic) bond motifs is 1. The van der Waals surface area contributed by atoms with Gasteiger partial charge in [0.1, 0.15) is 0 Å². The van der Waals surface area contributed by atoms with Gasteiger partial charge >= 0.3 is 5.69 Å². The Hall–Kier alpha value is -2.82. The zero-order chi connectivity index (χ0) is 18.0. The van der Waals surface area contributed by atoms with Crippen molar-refractivity contribution in [3.05, 3.63) is 69.6 Å². The summed E-state index contributed by atoms with van der Waals surface area (Å²) in [5, 5.41) is 2.96. The minimum absolute atomic E-state index is 0.0311. The van der Waals surface area contributed by atoms with E-state index in [1.165, 1.54) is 11.1 Å². The predicted molar refractivity (Wildman–Crippen MR) is 99.5 cm³/mol. The molecule has 0 bridgehead atoms. The third-order valence-corrected chi connectivity index (χ3v) is 4.55. The first-order valence-corrected chi connectivity index (χ1v) is 8.42. The second-order valence-electron chi connectivity index (χ2n) is 6.49. The van der Waals surface area contributed by atoms with Gasteiger partial charge in [0, 0.05) is 27.1 Å². The van der Waals surface area contributed by atoms with Crippen LogP contribution >= 0.6 is 0 Å². The van der Waals surface area contributed by atoms with Gasteiger partial charge in [0.15, 0.2) is 0 Å². The molecule has 3 aromatic rings. The first-order chi connectivity index (χ1) is 12.0. The number of benzene rings is 2. The number of carbonyl (C=O) groups is 1. The highest BCUT2D eigenvalue weighted by molar-refractivity contribution is 5.78. The normalized spacial score (nSPS) is 11.0.